The van der Waals surface area contributed by atoms with E-state index >= 15 is 0 Å². The molecule has 100 valence electrons. The summed E-state index contributed by atoms with van der Waals surface area (Å²) in [6.45, 7) is 2.28. The predicted octanol–water partition coefficient (Wildman–Crippen LogP) is 1.64. The van der Waals surface area contributed by atoms with Gasteiger partial charge >= 0.3 is 5.97 Å². The van der Waals surface area contributed by atoms with Gasteiger partial charge in [-0.1, -0.05) is 30.3 Å². The maximum Gasteiger partial charge on any atom is 0.329 e. The highest BCUT2D eigenvalue weighted by Crippen LogP contribution is 2.24. The first-order chi connectivity index (χ1) is 9.34. The summed E-state index contributed by atoms with van der Waals surface area (Å²) < 4.78 is 5.42. The zero-order valence-electron chi connectivity index (χ0n) is 10.8. The van der Waals surface area contributed by atoms with Gasteiger partial charge in [-0.2, -0.15) is 0 Å². The summed E-state index contributed by atoms with van der Waals surface area (Å²) in [7, 11) is 0. The van der Waals surface area contributed by atoms with E-state index in [1.54, 1.807) is 0 Å². The van der Waals surface area contributed by atoms with Crippen LogP contribution in [0.1, 0.15) is 18.4 Å². The van der Waals surface area contributed by atoms with Crippen LogP contribution in [0.15, 0.2) is 42.2 Å². The van der Waals surface area contributed by atoms with Crippen LogP contribution in [0.25, 0.3) is 0 Å². The summed E-state index contributed by atoms with van der Waals surface area (Å²) in [5.41, 5.74) is 1.03. The van der Waals surface area contributed by atoms with Crippen LogP contribution in [-0.4, -0.2) is 30.0 Å². The smallest absolute Gasteiger partial charge is 0.329 e. The lowest BCUT2D eigenvalue weighted by Crippen LogP contribution is -2.45. The second-order valence-corrected chi connectivity index (χ2v) is 4.91. The Bertz CT molecular complexity index is 484. The molecule has 2 heterocycles. The van der Waals surface area contributed by atoms with Gasteiger partial charge in [-0.25, -0.2) is 4.79 Å². The zero-order valence-corrected chi connectivity index (χ0v) is 10.8. The number of esters is 1. The Labute approximate surface area is 113 Å². The Kier molecular flexibility index (Phi) is 3.40. The van der Waals surface area contributed by atoms with E-state index in [-0.39, 0.29) is 12.0 Å². The third-order valence-corrected chi connectivity index (χ3v) is 3.60. The Morgan fingerprint density at radius 1 is 1.37 bits per heavy atom. The molecule has 0 spiro atoms. The van der Waals surface area contributed by atoms with Gasteiger partial charge in [-0.05, 0) is 18.1 Å². The normalized spacial score (nSPS) is 21.4. The van der Waals surface area contributed by atoms with Crippen molar-refractivity contribution < 1.29 is 9.53 Å². The van der Waals surface area contributed by atoms with Gasteiger partial charge in [0.05, 0.1) is 5.82 Å². The largest absolute Gasteiger partial charge is 0.459 e. The topological polar surface area (TPSA) is 41.6 Å². The number of ether oxygens (including phenoxy) is 1. The molecule has 1 fully saturated rings. The molecule has 0 aromatic heterocycles. The number of carbonyl (C=O) groups excluding carboxylic acids is 1. The maximum atomic E-state index is 12.1. The van der Waals surface area contributed by atoms with Crippen molar-refractivity contribution in [1.29, 1.82) is 0 Å². The summed E-state index contributed by atoms with van der Waals surface area (Å²) in [5.74, 6) is 0.965. The van der Waals surface area contributed by atoms with E-state index in [9.17, 15) is 4.79 Å². The highest BCUT2D eigenvalue weighted by atomic mass is 16.5. The molecule has 0 radical (unpaired) electrons. The quantitative estimate of drug-likeness (QED) is 0.837. The second-order valence-electron chi connectivity index (χ2n) is 4.91. The molecular formula is C15H18N2O2. The lowest BCUT2D eigenvalue weighted by molar-refractivity contribution is -0.150. The fourth-order valence-electron chi connectivity index (χ4n) is 2.60. The van der Waals surface area contributed by atoms with Crippen LogP contribution in [0, 0.1) is 0 Å². The molecule has 0 amide bonds. The van der Waals surface area contributed by atoms with Gasteiger partial charge in [0.2, 0.25) is 0 Å². The molecule has 0 bridgehead atoms. The fraction of sp³-hybridized carbons (Fsp3) is 0.400. The van der Waals surface area contributed by atoms with E-state index in [2.05, 4.69) is 16.3 Å². The molecule has 0 saturated carbocycles. The minimum absolute atomic E-state index is 0.126. The molecule has 1 aromatic rings. The standard InChI is InChI=1S/C15H18N2O2/c18-15(19-11-12-5-2-1-3-6-12)13-7-8-14-16-9-4-10-17(13)14/h1-3,5-6,8,13,16H,4,7,9-11H2. The SMILES string of the molecule is O=C(OCc1ccccc1)C1CC=C2NCCCN21. The molecule has 19 heavy (non-hydrogen) atoms. The van der Waals surface area contributed by atoms with Crippen LogP contribution in [0.4, 0.5) is 0 Å². The van der Waals surface area contributed by atoms with E-state index in [4.69, 9.17) is 4.74 Å². The molecule has 1 N–H and O–H groups in total. The van der Waals surface area contributed by atoms with Gasteiger partial charge in [0.1, 0.15) is 12.6 Å². The Morgan fingerprint density at radius 2 is 2.21 bits per heavy atom. The van der Waals surface area contributed by atoms with Gasteiger partial charge in [0.15, 0.2) is 0 Å². The van der Waals surface area contributed by atoms with Crippen molar-refractivity contribution in [2.75, 3.05) is 13.1 Å². The van der Waals surface area contributed by atoms with Crippen molar-refractivity contribution in [3.63, 3.8) is 0 Å². The first kappa shape index (κ1) is 12.1. The molecular weight excluding hydrogens is 240 g/mol. The first-order valence-corrected chi connectivity index (χ1v) is 6.76. The highest BCUT2D eigenvalue weighted by molar-refractivity contribution is 5.77. The van der Waals surface area contributed by atoms with Crippen molar-refractivity contribution in [3.05, 3.63) is 47.8 Å². The Hall–Kier alpha value is -1.97. The number of nitrogens with one attached hydrogen (secondary N) is 1. The van der Waals surface area contributed by atoms with Crippen molar-refractivity contribution in [2.24, 2.45) is 0 Å². The van der Waals surface area contributed by atoms with Crippen molar-refractivity contribution in [1.82, 2.24) is 10.2 Å². The van der Waals surface area contributed by atoms with Gasteiger partial charge < -0.3 is 15.0 Å². The molecule has 1 saturated heterocycles. The van der Waals surface area contributed by atoms with Gasteiger partial charge in [-0.3, -0.25) is 0 Å². The molecule has 0 aliphatic carbocycles. The van der Waals surface area contributed by atoms with E-state index in [1.807, 2.05) is 30.3 Å². The van der Waals surface area contributed by atoms with Gasteiger partial charge in [-0.15, -0.1) is 0 Å². The van der Waals surface area contributed by atoms with E-state index in [0.717, 1.165) is 37.3 Å². The highest BCUT2D eigenvalue weighted by Gasteiger charge is 2.34. The third kappa shape index (κ3) is 2.57. The lowest BCUT2D eigenvalue weighted by Gasteiger charge is -2.32. The van der Waals surface area contributed by atoms with Crippen molar-refractivity contribution in [2.45, 2.75) is 25.5 Å². The minimum Gasteiger partial charge on any atom is -0.459 e. The van der Waals surface area contributed by atoms with E-state index in [0.29, 0.717) is 6.61 Å². The number of nitrogens with zero attached hydrogens (tertiary/aromatic N) is 1. The number of rotatable bonds is 3. The summed E-state index contributed by atoms with van der Waals surface area (Å²) in [6.07, 6.45) is 3.91. The van der Waals surface area contributed by atoms with E-state index < -0.39 is 0 Å². The average molecular weight is 258 g/mol. The second kappa shape index (κ2) is 5.34. The number of hydrogen-bond acceptors (Lipinski definition) is 4. The Morgan fingerprint density at radius 3 is 3.05 bits per heavy atom. The first-order valence-electron chi connectivity index (χ1n) is 6.76. The zero-order chi connectivity index (χ0) is 13.1. The monoisotopic (exact) mass is 258 g/mol. The summed E-state index contributed by atoms with van der Waals surface area (Å²) in [6, 6.07) is 9.64. The predicted molar refractivity (Wildman–Crippen MR) is 72.1 cm³/mol. The number of carbonyl (C=O) groups is 1. The molecule has 2 aliphatic heterocycles. The van der Waals surface area contributed by atoms with Crippen molar-refractivity contribution >= 4 is 5.97 Å². The van der Waals surface area contributed by atoms with Gasteiger partial charge in [0.25, 0.3) is 0 Å². The third-order valence-electron chi connectivity index (χ3n) is 3.60. The van der Waals surface area contributed by atoms with Crippen LogP contribution < -0.4 is 5.32 Å². The lowest BCUT2D eigenvalue weighted by atomic mass is 10.2. The van der Waals surface area contributed by atoms with Crippen LogP contribution in [0.5, 0.6) is 0 Å². The van der Waals surface area contributed by atoms with Crippen LogP contribution in [0.2, 0.25) is 0 Å². The molecule has 4 heteroatoms. The van der Waals surface area contributed by atoms with Crippen LogP contribution >= 0.6 is 0 Å². The Balaban J connectivity index is 1.57. The number of benzene rings is 1. The van der Waals surface area contributed by atoms with Crippen LogP contribution in [0.3, 0.4) is 0 Å². The van der Waals surface area contributed by atoms with E-state index in [1.165, 1.54) is 0 Å². The summed E-state index contributed by atoms with van der Waals surface area (Å²) in [5, 5.41) is 3.32. The molecule has 1 unspecified atom stereocenters. The maximum absolute atomic E-state index is 12.1. The van der Waals surface area contributed by atoms with Crippen molar-refractivity contribution in [3.8, 4) is 0 Å². The summed E-state index contributed by atoms with van der Waals surface area (Å²) >= 11 is 0. The molecule has 3 rings (SSSR count). The fourth-order valence-corrected chi connectivity index (χ4v) is 2.60. The molecule has 4 nitrogen and oxygen atoms in total. The molecule has 1 atom stereocenters. The number of fused-ring (bicyclic) bond motifs is 1. The van der Waals surface area contributed by atoms with Crippen LogP contribution in [-0.2, 0) is 16.1 Å². The van der Waals surface area contributed by atoms with Gasteiger partial charge in [0, 0.05) is 19.5 Å². The average Bonchev–Trinajstić information content (AvgIpc) is 2.90. The number of hydrogen-bond donors (Lipinski definition) is 1. The summed E-state index contributed by atoms with van der Waals surface area (Å²) in [4.78, 5) is 14.3. The minimum atomic E-state index is -0.147. The molecule has 2 aliphatic rings. The molecule has 1 aromatic carbocycles.